The van der Waals surface area contributed by atoms with Crippen LogP contribution in [0, 0.1) is 0 Å². The standard InChI is InChI=1S/C14H13N3O/c1-17-8-12(13-5-2-9(15)7-16-13)11-4-3-10(18)6-14(11)17/h2-8,18H,15H2,1H3. The Labute approximate surface area is 104 Å². The molecule has 0 aliphatic rings. The first kappa shape index (κ1) is 10.7. The van der Waals surface area contributed by atoms with Crippen molar-refractivity contribution in [2.45, 2.75) is 0 Å². The Hall–Kier alpha value is -2.49. The third kappa shape index (κ3) is 1.59. The van der Waals surface area contributed by atoms with E-state index >= 15 is 0 Å². The second-order valence-corrected chi connectivity index (χ2v) is 4.33. The van der Waals surface area contributed by atoms with Crippen LogP contribution in [0.4, 0.5) is 5.69 Å². The van der Waals surface area contributed by atoms with E-state index in [1.54, 1.807) is 18.3 Å². The van der Waals surface area contributed by atoms with Crippen molar-refractivity contribution in [3.05, 3.63) is 42.7 Å². The maximum atomic E-state index is 9.53. The van der Waals surface area contributed by atoms with Crippen LogP contribution in [0.1, 0.15) is 0 Å². The number of hydrogen-bond donors (Lipinski definition) is 2. The third-order valence-corrected chi connectivity index (χ3v) is 3.04. The molecule has 0 fully saturated rings. The summed E-state index contributed by atoms with van der Waals surface area (Å²) < 4.78 is 1.97. The first-order valence-electron chi connectivity index (χ1n) is 5.65. The summed E-state index contributed by atoms with van der Waals surface area (Å²) in [7, 11) is 1.95. The molecular formula is C14H13N3O. The van der Waals surface area contributed by atoms with E-state index in [1.165, 1.54) is 0 Å². The Kier molecular flexibility index (Phi) is 2.23. The van der Waals surface area contributed by atoms with Gasteiger partial charge in [-0.25, -0.2) is 0 Å². The quantitative estimate of drug-likeness (QED) is 0.685. The molecule has 0 saturated carbocycles. The van der Waals surface area contributed by atoms with Crippen molar-refractivity contribution in [3.8, 4) is 17.0 Å². The second kappa shape index (κ2) is 3.77. The maximum absolute atomic E-state index is 9.53. The molecular weight excluding hydrogens is 226 g/mol. The highest BCUT2D eigenvalue weighted by Crippen LogP contribution is 2.31. The zero-order valence-electron chi connectivity index (χ0n) is 9.96. The zero-order valence-corrected chi connectivity index (χ0v) is 9.96. The molecule has 0 radical (unpaired) electrons. The Morgan fingerprint density at radius 1 is 1.22 bits per heavy atom. The molecule has 3 N–H and O–H groups in total. The van der Waals surface area contributed by atoms with Gasteiger partial charge in [0, 0.05) is 30.3 Å². The molecule has 18 heavy (non-hydrogen) atoms. The number of aromatic hydroxyl groups is 1. The Morgan fingerprint density at radius 3 is 2.78 bits per heavy atom. The largest absolute Gasteiger partial charge is 0.508 e. The van der Waals surface area contributed by atoms with Crippen LogP contribution in [0.5, 0.6) is 5.75 Å². The fourth-order valence-corrected chi connectivity index (χ4v) is 2.14. The van der Waals surface area contributed by atoms with Crippen LogP contribution >= 0.6 is 0 Å². The molecule has 3 aromatic rings. The number of anilines is 1. The molecule has 0 bridgehead atoms. The van der Waals surface area contributed by atoms with Gasteiger partial charge in [0.1, 0.15) is 5.75 Å². The number of rotatable bonds is 1. The minimum Gasteiger partial charge on any atom is -0.508 e. The van der Waals surface area contributed by atoms with Gasteiger partial charge in [-0.2, -0.15) is 0 Å². The van der Waals surface area contributed by atoms with Gasteiger partial charge in [-0.1, -0.05) is 0 Å². The number of aromatic nitrogens is 2. The molecule has 0 atom stereocenters. The molecule has 4 heteroatoms. The second-order valence-electron chi connectivity index (χ2n) is 4.33. The van der Waals surface area contributed by atoms with Crippen LogP contribution in [0.2, 0.25) is 0 Å². The summed E-state index contributed by atoms with van der Waals surface area (Å²) in [6.45, 7) is 0. The summed E-state index contributed by atoms with van der Waals surface area (Å²) in [6, 6.07) is 9.07. The van der Waals surface area contributed by atoms with Gasteiger partial charge in [-0.05, 0) is 24.3 Å². The van der Waals surface area contributed by atoms with E-state index in [9.17, 15) is 5.11 Å². The molecule has 0 spiro atoms. The Morgan fingerprint density at radius 2 is 2.06 bits per heavy atom. The van der Waals surface area contributed by atoms with E-state index in [-0.39, 0.29) is 5.75 Å². The molecule has 4 nitrogen and oxygen atoms in total. The lowest BCUT2D eigenvalue weighted by molar-refractivity contribution is 0.476. The Bertz CT molecular complexity index is 714. The average Bonchev–Trinajstić information content (AvgIpc) is 2.68. The number of phenolic OH excluding ortho intramolecular Hbond substituents is 1. The summed E-state index contributed by atoms with van der Waals surface area (Å²) in [5, 5.41) is 10.6. The lowest BCUT2D eigenvalue weighted by atomic mass is 10.1. The third-order valence-electron chi connectivity index (χ3n) is 3.04. The van der Waals surface area contributed by atoms with Crippen molar-refractivity contribution < 1.29 is 5.11 Å². The first-order valence-corrected chi connectivity index (χ1v) is 5.65. The molecule has 1 aromatic carbocycles. The molecule has 0 amide bonds. The molecule has 0 unspecified atom stereocenters. The van der Waals surface area contributed by atoms with Crippen molar-refractivity contribution in [1.82, 2.24) is 9.55 Å². The van der Waals surface area contributed by atoms with Crippen molar-refractivity contribution in [2.24, 2.45) is 7.05 Å². The van der Waals surface area contributed by atoms with Gasteiger partial charge in [-0.15, -0.1) is 0 Å². The fraction of sp³-hybridized carbons (Fsp3) is 0.0714. The molecule has 0 saturated heterocycles. The molecule has 3 rings (SSSR count). The van der Waals surface area contributed by atoms with Crippen LogP contribution in [0.15, 0.2) is 42.7 Å². The average molecular weight is 239 g/mol. The van der Waals surface area contributed by atoms with E-state index in [0.29, 0.717) is 5.69 Å². The SMILES string of the molecule is Cn1cc(-c2ccc(N)cn2)c2ccc(O)cc21. The van der Waals surface area contributed by atoms with E-state index < -0.39 is 0 Å². The number of hydrogen-bond acceptors (Lipinski definition) is 3. The number of nitrogens with two attached hydrogens (primary N) is 1. The summed E-state index contributed by atoms with van der Waals surface area (Å²) >= 11 is 0. The number of nitrogens with zero attached hydrogens (tertiary/aromatic N) is 2. The lowest BCUT2D eigenvalue weighted by Crippen LogP contribution is -1.87. The fourth-order valence-electron chi connectivity index (χ4n) is 2.14. The van der Waals surface area contributed by atoms with Gasteiger partial charge in [0.25, 0.3) is 0 Å². The van der Waals surface area contributed by atoms with Crippen molar-refractivity contribution in [1.29, 1.82) is 0 Å². The van der Waals surface area contributed by atoms with Crippen LogP contribution in [-0.2, 0) is 7.05 Å². The van der Waals surface area contributed by atoms with Crippen LogP contribution in [-0.4, -0.2) is 14.7 Å². The molecule has 0 aliphatic heterocycles. The number of nitrogen functional groups attached to an aromatic ring is 1. The van der Waals surface area contributed by atoms with E-state index in [4.69, 9.17) is 5.73 Å². The highest BCUT2D eigenvalue weighted by atomic mass is 16.3. The molecule has 2 aromatic heterocycles. The summed E-state index contributed by atoms with van der Waals surface area (Å²) in [5.41, 5.74) is 9.18. The summed E-state index contributed by atoms with van der Waals surface area (Å²) in [4.78, 5) is 4.33. The van der Waals surface area contributed by atoms with E-state index in [0.717, 1.165) is 22.2 Å². The summed E-state index contributed by atoms with van der Waals surface area (Å²) in [6.07, 6.45) is 3.65. The highest BCUT2D eigenvalue weighted by Gasteiger charge is 2.09. The summed E-state index contributed by atoms with van der Waals surface area (Å²) in [5.74, 6) is 0.264. The van der Waals surface area contributed by atoms with Crippen molar-refractivity contribution in [3.63, 3.8) is 0 Å². The van der Waals surface area contributed by atoms with Gasteiger partial charge in [0.15, 0.2) is 0 Å². The smallest absolute Gasteiger partial charge is 0.117 e. The van der Waals surface area contributed by atoms with Gasteiger partial charge in [0.2, 0.25) is 0 Å². The van der Waals surface area contributed by atoms with Crippen molar-refractivity contribution in [2.75, 3.05) is 5.73 Å². The monoisotopic (exact) mass is 239 g/mol. The first-order chi connectivity index (χ1) is 8.65. The van der Waals surface area contributed by atoms with Crippen LogP contribution < -0.4 is 5.73 Å². The zero-order chi connectivity index (χ0) is 12.7. The number of phenols is 1. The topological polar surface area (TPSA) is 64.1 Å². The predicted molar refractivity (Wildman–Crippen MR) is 72.2 cm³/mol. The van der Waals surface area contributed by atoms with Gasteiger partial charge in [-0.3, -0.25) is 4.98 Å². The maximum Gasteiger partial charge on any atom is 0.117 e. The molecule has 0 aliphatic carbocycles. The number of pyridine rings is 1. The number of aryl methyl sites for hydroxylation is 1. The normalized spacial score (nSPS) is 10.9. The van der Waals surface area contributed by atoms with Crippen LogP contribution in [0.3, 0.4) is 0 Å². The Balaban J connectivity index is 2.26. The van der Waals surface area contributed by atoms with Gasteiger partial charge >= 0.3 is 0 Å². The number of benzene rings is 1. The highest BCUT2D eigenvalue weighted by molar-refractivity contribution is 5.95. The van der Waals surface area contributed by atoms with Gasteiger partial charge in [0.05, 0.1) is 23.1 Å². The van der Waals surface area contributed by atoms with Crippen LogP contribution in [0.25, 0.3) is 22.2 Å². The number of fused-ring (bicyclic) bond motifs is 1. The van der Waals surface area contributed by atoms with Gasteiger partial charge < -0.3 is 15.4 Å². The lowest BCUT2D eigenvalue weighted by Gasteiger charge is -1.99. The van der Waals surface area contributed by atoms with Crippen molar-refractivity contribution >= 4 is 16.6 Å². The minimum atomic E-state index is 0.264. The van der Waals surface area contributed by atoms with E-state index in [1.807, 2.05) is 36.0 Å². The molecule has 2 heterocycles. The minimum absolute atomic E-state index is 0.264. The molecule has 90 valence electrons. The van der Waals surface area contributed by atoms with E-state index in [2.05, 4.69) is 4.98 Å². The predicted octanol–water partition coefficient (Wildman–Crippen LogP) is 2.53.